The lowest BCUT2D eigenvalue weighted by molar-refractivity contribution is -0.125. The maximum Gasteiger partial charge on any atom is 0.191 e. The van der Waals surface area contributed by atoms with Crippen LogP contribution >= 0.6 is 0 Å². The molecule has 166 valence electrons. The van der Waals surface area contributed by atoms with Gasteiger partial charge < -0.3 is 15.4 Å². The first kappa shape index (κ1) is 21.6. The van der Waals surface area contributed by atoms with E-state index >= 15 is 0 Å². The Morgan fingerprint density at radius 3 is 2.67 bits per heavy atom. The van der Waals surface area contributed by atoms with Gasteiger partial charge in [0.25, 0.3) is 0 Å². The molecular formula is C24H39N5O. The smallest absolute Gasteiger partial charge is 0.191 e. The summed E-state index contributed by atoms with van der Waals surface area (Å²) in [6, 6.07) is 7.16. The van der Waals surface area contributed by atoms with Crippen molar-refractivity contribution in [2.45, 2.75) is 83.5 Å². The predicted molar refractivity (Wildman–Crippen MR) is 122 cm³/mol. The van der Waals surface area contributed by atoms with Crippen LogP contribution in [-0.2, 0) is 11.3 Å². The van der Waals surface area contributed by atoms with Crippen molar-refractivity contribution in [3.8, 4) is 0 Å². The summed E-state index contributed by atoms with van der Waals surface area (Å²) < 4.78 is 6.09. The van der Waals surface area contributed by atoms with Crippen molar-refractivity contribution < 1.29 is 4.74 Å². The molecular weight excluding hydrogens is 374 g/mol. The van der Waals surface area contributed by atoms with Crippen LogP contribution in [0.2, 0.25) is 0 Å². The minimum absolute atomic E-state index is 0.332. The number of aliphatic imine (C=N–C) groups is 1. The average molecular weight is 414 g/mol. The van der Waals surface area contributed by atoms with E-state index in [1.54, 1.807) is 0 Å². The fourth-order valence-electron chi connectivity index (χ4n) is 5.69. The summed E-state index contributed by atoms with van der Waals surface area (Å²) in [5.41, 5.74) is 1.49. The standard InChI is InChI=1S/C24H39N5O/c1-3-25-23(28-21-17-22(30-4-2)24(21)12-6-7-13-24)27-19-10-15-29(16-11-19)18-20-9-5-8-14-26-20/h5,8-9,14,19,21-22H,3-4,6-7,10-13,15-18H2,1-2H3,(H2,25,27,28). The number of guanidine groups is 1. The fourth-order valence-corrected chi connectivity index (χ4v) is 5.69. The fraction of sp³-hybridized carbons (Fsp3) is 0.750. The van der Waals surface area contributed by atoms with E-state index in [0.717, 1.165) is 63.7 Å². The van der Waals surface area contributed by atoms with Crippen LogP contribution in [0.3, 0.4) is 0 Å². The van der Waals surface area contributed by atoms with Crippen molar-refractivity contribution in [3.63, 3.8) is 0 Å². The van der Waals surface area contributed by atoms with Crippen LogP contribution in [0.25, 0.3) is 0 Å². The van der Waals surface area contributed by atoms with Crippen LogP contribution in [0, 0.1) is 5.41 Å². The lowest BCUT2D eigenvalue weighted by Gasteiger charge is -2.54. The highest BCUT2D eigenvalue weighted by Crippen LogP contribution is 2.54. The van der Waals surface area contributed by atoms with Gasteiger partial charge in [-0.2, -0.15) is 0 Å². The van der Waals surface area contributed by atoms with E-state index in [2.05, 4.69) is 46.5 Å². The lowest BCUT2D eigenvalue weighted by atomic mass is 9.60. The number of hydrogen-bond acceptors (Lipinski definition) is 4. The summed E-state index contributed by atoms with van der Waals surface area (Å²) >= 11 is 0. The van der Waals surface area contributed by atoms with Crippen molar-refractivity contribution in [2.24, 2.45) is 10.4 Å². The maximum absolute atomic E-state index is 6.09. The molecule has 6 nitrogen and oxygen atoms in total. The molecule has 3 aliphatic rings. The van der Waals surface area contributed by atoms with Gasteiger partial charge in [0.2, 0.25) is 0 Å². The Morgan fingerprint density at radius 2 is 2.00 bits per heavy atom. The van der Waals surface area contributed by atoms with Gasteiger partial charge in [0, 0.05) is 56.5 Å². The first-order valence-corrected chi connectivity index (χ1v) is 12.0. The number of rotatable bonds is 7. The quantitative estimate of drug-likeness (QED) is 0.530. The minimum atomic E-state index is 0.332. The summed E-state index contributed by atoms with van der Waals surface area (Å²) in [7, 11) is 0. The van der Waals surface area contributed by atoms with Gasteiger partial charge in [0.15, 0.2) is 5.96 Å². The van der Waals surface area contributed by atoms with Crippen molar-refractivity contribution in [3.05, 3.63) is 30.1 Å². The zero-order chi connectivity index (χ0) is 20.8. The van der Waals surface area contributed by atoms with Crippen LogP contribution in [0.5, 0.6) is 0 Å². The molecule has 0 radical (unpaired) electrons. The van der Waals surface area contributed by atoms with E-state index in [9.17, 15) is 0 Å². The third-order valence-corrected chi connectivity index (χ3v) is 7.35. The van der Waals surface area contributed by atoms with Gasteiger partial charge in [-0.3, -0.25) is 14.9 Å². The molecule has 1 aromatic rings. The van der Waals surface area contributed by atoms with Gasteiger partial charge in [0.1, 0.15) is 0 Å². The zero-order valence-corrected chi connectivity index (χ0v) is 18.8. The monoisotopic (exact) mass is 413 g/mol. The summed E-state index contributed by atoms with van der Waals surface area (Å²) in [6.07, 6.45) is 11.0. The van der Waals surface area contributed by atoms with Crippen molar-refractivity contribution >= 4 is 5.96 Å². The Hall–Kier alpha value is -1.66. The van der Waals surface area contributed by atoms with Crippen LogP contribution < -0.4 is 10.6 Å². The molecule has 0 aromatic carbocycles. The highest BCUT2D eigenvalue weighted by atomic mass is 16.5. The Labute approximate surface area is 181 Å². The average Bonchev–Trinajstić information content (AvgIpc) is 3.29. The molecule has 2 saturated carbocycles. The third-order valence-electron chi connectivity index (χ3n) is 7.35. The van der Waals surface area contributed by atoms with E-state index in [0.29, 0.717) is 23.6 Å². The van der Waals surface area contributed by atoms with Crippen LogP contribution in [0.4, 0.5) is 0 Å². The molecule has 4 rings (SSSR count). The molecule has 1 aliphatic heterocycles. The summed E-state index contributed by atoms with van der Waals surface area (Å²) in [5, 5.41) is 7.56. The first-order valence-electron chi connectivity index (χ1n) is 12.0. The van der Waals surface area contributed by atoms with Gasteiger partial charge in [-0.05, 0) is 58.1 Å². The van der Waals surface area contributed by atoms with Crippen LogP contribution in [0.1, 0.15) is 64.5 Å². The van der Waals surface area contributed by atoms with E-state index < -0.39 is 0 Å². The third kappa shape index (κ3) is 4.80. The topological polar surface area (TPSA) is 61.8 Å². The van der Waals surface area contributed by atoms with Gasteiger partial charge in [-0.25, -0.2) is 0 Å². The molecule has 2 heterocycles. The molecule has 2 aliphatic carbocycles. The summed E-state index contributed by atoms with van der Waals surface area (Å²) in [4.78, 5) is 11.8. The van der Waals surface area contributed by atoms with E-state index in [4.69, 9.17) is 9.73 Å². The van der Waals surface area contributed by atoms with Gasteiger partial charge >= 0.3 is 0 Å². The summed E-state index contributed by atoms with van der Waals surface area (Å²) in [5.74, 6) is 1.01. The van der Waals surface area contributed by atoms with Crippen LogP contribution in [0.15, 0.2) is 29.4 Å². The number of likely N-dealkylation sites (tertiary alicyclic amines) is 1. The Kier molecular flexibility index (Phi) is 7.26. The molecule has 1 spiro atoms. The van der Waals surface area contributed by atoms with E-state index in [1.807, 2.05) is 12.3 Å². The van der Waals surface area contributed by atoms with Crippen molar-refractivity contribution in [1.82, 2.24) is 20.5 Å². The van der Waals surface area contributed by atoms with Crippen molar-refractivity contribution in [1.29, 1.82) is 0 Å². The number of aromatic nitrogens is 1. The SMILES string of the molecule is CCN=C(NC1CCN(Cc2ccccn2)CC1)NC1CC(OCC)C12CCCC2. The van der Waals surface area contributed by atoms with E-state index in [1.165, 1.54) is 25.7 Å². The largest absolute Gasteiger partial charge is 0.378 e. The molecule has 1 saturated heterocycles. The number of piperidine rings is 1. The number of ether oxygens (including phenoxy) is 1. The second-order valence-electron chi connectivity index (χ2n) is 9.16. The Balaban J connectivity index is 1.28. The van der Waals surface area contributed by atoms with Gasteiger partial charge in [-0.1, -0.05) is 18.9 Å². The number of hydrogen-bond donors (Lipinski definition) is 2. The molecule has 30 heavy (non-hydrogen) atoms. The highest BCUT2D eigenvalue weighted by molar-refractivity contribution is 5.80. The molecule has 2 unspecified atom stereocenters. The number of pyridine rings is 1. The van der Waals surface area contributed by atoms with Gasteiger partial charge in [0.05, 0.1) is 11.8 Å². The van der Waals surface area contributed by atoms with Crippen molar-refractivity contribution in [2.75, 3.05) is 26.2 Å². The Bertz CT molecular complexity index is 680. The number of nitrogens with zero attached hydrogens (tertiary/aromatic N) is 3. The summed E-state index contributed by atoms with van der Waals surface area (Å²) in [6.45, 7) is 9.03. The van der Waals surface area contributed by atoms with Gasteiger partial charge in [-0.15, -0.1) is 0 Å². The molecule has 1 aromatic heterocycles. The van der Waals surface area contributed by atoms with Crippen LogP contribution in [-0.4, -0.2) is 60.3 Å². The molecule has 2 N–H and O–H groups in total. The van der Waals surface area contributed by atoms with E-state index in [-0.39, 0.29) is 0 Å². The second-order valence-corrected chi connectivity index (χ2v) is 9.16. The second kappa shape index (κ2) is 10.1. The molecule has 2 atom stereocenters. The highest BCUT2D eigenvalue weighted by Gasteiger charge is 2.57. The lowest BCUT2D eigenvalue weighted by Crippen LogP contribution is -2.65. The molecule has 3 fully saturated rings. The zero-order valence-electron chi connectivity index (χ0n) is 18.8. The number of nitrogens with one attached hydrogen (secondary N) is 2. The molecule has 6 heteroatoms. The maximum atomic E-state index is 6.09. The molecule has 0 amide bonds. The predicted octanol–water partition coefficient (Wildman–Crippen LogP) is 3.34. The molecule has 0 bridgehead atoms. The Morgan fingerprint density at radius 1 is 1.20 bits per heavy atom. The minimum Gasteiger partial charge on any atom is -0.378 e. The first-order chi connectivity index (χ1) is 14.7. The normalized spacial score (nSPS) is 27.2.